The highest BCUT2D eigenvalue weighted by molar-refractivity contribution is 5.90. The standard InChI is InChI=1S/C13H16N2O3/c1-17-11-5-3-4-10-12(11)8(7-15-10)6-9(14)13(16)18-2/h3-5,7,9,15H,6,14H2,1-2H3/t9-/m1/s1. The molecule has 0 fully saturated rings. The molecule has 0 saturated heterocycles. The molecule has 1 atom stereocenters. The molecule has 18 heavy (non-hydrogen) atoms. The van der Waals surface area contributed by atoms with Crippen LogP contribution in [0.5, 0.6) is 5.75 Å². The van der Waals surface area contributed by atoms with Crippen molar-refractivity contribution in [3.8, 4) is 5.75 Å². The normalized spacial score (nSPS) is 12.4. The number of nitrogens with two attached hydrogens (primary N) is 1. The minimum absolute atomic E-state index is 0.410. The molecule has 0 bridgehead atoms. The van der Waals surface area contributed by atoms with E-state index in [1.165, 1.54) is 7.11 Å². The van der Waals surface area contributed by atoms with Crippen LogP contribution in [0.15, 0.2) is 24.4 Å². The van der Waals surface area contributed by atoms with E-state index in [0.29, 0.717) is 6.42 Å². The lowest BCUT2D eigenvalue weighted by Crippen LogP contribution is -2.33. The summed E-state index contributed by atoms with van der Waals surface area (Å²) < 4.78 is 9.94. The monoisotopic (exact) mass is 248 g/mol. The average Bonchev–Trinajstić information content (AvgIpc) is 2.81. The summed E-state index contributed by atoms with van der Waals surface area (Å²) in [6.07, 6.45) is 2.25. The maximum Gasteiger partial charge on any atom is 0.322 e. The Morgan fingerprint density at radius 2 is 2.22 bits per heavy atom. The van der Waals surface area contributed by atoms with Crippen LogP contribution >= 0.6 is 0 Å². The fraction of sp³-hybridized carbons (Fsp3) is 0.308. The van der Waals surface area contributed by atoms with Crippen LogP contribution in [0.2, 0.25) is 0 Å². The van der Waals surface area contributed by atoms with Crippen molar-refractivity contribution in [2.75, 3.05) is 14.2 Å². The van der Waals surface area contributed by atoms with Crippen LogP contribution in [0, 0.1) is 0 Å². The lowest BCUT2D eigenvalue weighted by Gasteiger charge is -2.09. The number of ether oxygens (including phenoxy) is 2. The molecule has 0 unspecified atom stereocenters. The number of hydrogen-bond acceptors (Lipinski definition) is 4. The van der Waals surface area contributed by atoms with Crippen molar-refractivity contribution < 1.29 is 14.3 Å². The predicted molar refractivity (Wildman–Crippen MR) is 68.5 cm³/mol. The number of fused-ring (bicyclic) bond motifs is 1. The van der Waals surface area contributed by atoms with Gasteiger partial charge in [0.1, 0.15) is 11.8 Å². The molecule has 0 amide bonds. The largest absolute Gasteiger partial charge is 0.496 e. The maximum atomic E-state index is 11.3. The van der Waals surface area contributed by atoms with Crippen molar-refractivity contribution in [2.24, 2.45) is 5.73 Å². The third-order valence-electron chi connectivity index (χ3n) is 2.91. The van der Waals surface area contributed by atoms with Crippen LogP contribution in [0.4, 0.5) is 0 Å². The van der Waals surface area contributed by atoms with Crippen molar-refractivity contribution in [3.05, 3.63) is 30.0 Å². The third-order valence-corrected chi connectivity index (χ3v) is 2.91. The lowest BCUT2D eigenvalue weighted by molar-refractivity contribution is -0.142. The Bertz CT molecular complexity index is 562. The third kappa shape index (κ3) is 2.17. The molecule has 3 N–H and O–H groups in total. The molecule has 1 heterocycles. The quantitative estimate of drug-likeness (QED) is 0.797. The highest BCUT2D eigenvalue weighted by Gasteiger charge is 2.17. The van der Waals surface area contributed by atoms with Crippen molar-refractivity contribution in [1.82, 2.24) is 4.98 Å². The number of H-pyrrole nitrogens is 1. The Labute approximate surface area is 105 Å². The fourth-order valence-corrected chi connectivity index (χ4v) is 2.02. The van der Waals surface area contributed by atoms with Gasteiger partial charge in [-0.15, -0.1) is 0 Å². The second kappa shape index (κ2) is 5.10. The molecular weight excluding hydrogens is 232 g/mol. The summed E-state index contributed by atoms with van der Waals surface area (Å²) in [5.41, 5.74) is 7.68. The number of methoxy groups -OCH3 is 2. The first-order chi connectivity index (χ1) is 8.67. The molecule has 0 radical (unpaired) electrons. The van der Waals surface area contributed by atoms with Crippen LogP contribution in [0.1, 0.15) is 5.56 Å². The van der Waals surface area contributed by atoms with E-state index < -0.39 is 12.0 Å². The van der Waals surface area contributed by atoms with E-state index >= 15 is 0 Å². The highest BCUT2D eigenvalue weighted by atomic mass is 16.5. The van der Waals surface area contributed by atoms with E-state index in [-0.39, 0.29) is 0 Å². The zero-order valence-electron chi connectivity index (χ0n) is 10.4. The number of esters is 1. The van der Waals surface area contributed by atoms with Crippen molar-refractivity contribution in [1.29, 1.82) is 0 Å². The lowest BCUT2D eigenvalue weighted by atomic mass is 10.0. The van der Waals surface area contributed by atoms with E-state index in [4.69, 9.17) is 10.5 Å². The van der Waals surface area contributed by atoms with Gasteiger partial charge in [-0.3, -0.25) is 4.79 Å². The number of hydrogen-bond donors (Lipinski definition) is 2. The molecule has 2 aromatic rings. The molecule has 0 aliphatic heterocycles. The Hall–Kier alpha value is -2.01. The van der Waals surface area contributed by atoms with Gasteiger partial charge in [-0.1, -0.05) is 6.07 Å². The molecule has 5 heteroatoms. The summed E-state index contributed by atoms with van der Waals surface area (Å²) in [4.78, 5) is 14.5. The SMILES string of the molecule is COC(=O)[C@H](N)Cc1c[nH]c2cccc(OC)c12. The Balaban J connectivity index is 2.37. The molecule has 0 aliphatic carbocycles. The number of rotatable bonds is 4. The second-order valence-corrected chi connectivity index (χ2v) is 4.03. The van der Waals surface area contributed by atoms with E-state index in [9.17, 15) is 4.79 Å². The van der Waals surface area contributed by atoms with Gasteiger partial charge in [0.15, 0.2) is 0 Å². The second-order valence-electron chi connectivity index (χ2n) is 4.03. The maximum absolute atomic E-state index is 11.3. The average molecular weight is 248 g/mol. The number of carbonyl (C=O) groups is 1. The van der Waals surface area contributed by atoms with Gasteiger partial charge in [0.2, 0.25) is 0 Å². The molecule has 1 aromatic carbocycles. The summed E-state index contributed by atoms with van der Waals surface area (Å²) in [6, 6.07) is 5.06. The van der Waals surface area contributed by atoms with Crippen LogP contribution in [-0.4, -0.2) is 31.2 Å². The van der Waals surface area contributed by atoms with Crippen molar-refractivity contribution in [3.63, 3.8) is 0 Å². The van der Waals surface area contributed by atoms with E-state index in [2.05, 4.69) is 9.72 Å². The summed E-state index contributed by atoms with van der Waals surface area (Å²) in [5.74, 6) is 0.347. The minimum Gasteiger partial charge on any atom is -0.496 e. The van der Waals surface area contributed by atoms with Gasteiger partial charge in [0, 0.05) is 23.5 Å². The van der Waals surface area contributed by atoms with Gasteiger partial charge in [0.25, 0.3) is 0 Å². The summed E-state index contributed by atoms with van der Waals surface area (Å²) in [6.45, 7) is 0. The van der Waals surface area contributed by atoms with Gasteiger partial charge in [-0.05, 0) is 17.7 Å². The first-order valence-corrected chi connectivity index (χ1v) is 5.63. The first-order valence-electron chi connectivity index (χ1n) is 5.63. The fourth-order valence-electron chi connectivity index (χ4n) is 2.02. The Kier molecular flexibility index (Phi) is 3.53. The van der Waals surface area contributed by atoms with Crippen LogP contribution in [0.3, 0.4) is 0 Å². The molecular formula is C13H16N2O3. The Morgan fingerprint density at radius 1 is 1.44 bits per heavy atom. The molecule has 0 spiro atoms. The number of nitrogens with one attached hydrogen (secondary N) is 1. The van der Waals surface area contributed by atoms with Gasteiger partial charge in [-0.2, -0.15) is 0 Å². The van der Waals surface area contributed by atoms with Crippen LogP contribution in [0.25, 0.3) is 10.9 Å². The zero-order chi connectivity index (χ0) is 13.1. The molecule has 0 saturated carbocycles. The van der Waals surface area contributed by atoms with E-state index in [0.717, 1.165) is 22.2 Å². The number of aromatic nitrogens is 1. The number of carbonyl (C=O) groups excluding carboxylic acids is 1. The Morgan fingerprint density at radius 3 is 2.89 bits per heavy atom. The highest BCUT2D eigenvalue weighted by Crippen LogP contribution is 2.29. The summed E-state index contributed by atoms with van der Waals surface area (Å²) >= 11 is 0. The number of aromatic amines is 1. The molecule has 0 aliphatic rings. The van der Waals surface area contributed by atoms with Crippen molar-refractivity contribution in [2.45, 2.75) is 12.5 Å². The van der Waals surface area contributed by atoms with E-state index in [1.54, 1.807) is 7.11 Å². The smallest absolute Gasteiger partial charge is 0.322 e. The number of benzene rings is 1. The van der Waals surface area contributed by atoms with Gasteiger partial charge in [0.05, 0.1) is 14.2 Å². The van der Waals surface area contributed by atoms with Gasteiger partial charge in [-0.25, -0.2) is 0 Å². The van der Waals surface area contributed by atoms with E-state index in [1.807, 2.05) is 24.4 Å². The first kappa shape index (κ1) is 12.4. The summed E-state index contributed by atoms with van der Waals surface area (Å²) in [7, 11) is 2.95. The van der Waals surface area contributed by atoms with Crippen LogP contribution < -0.4 is 10.5 Å². The van der Waals surface area contributed by atoms with Crippen LogP contribution in [-0.2, 0) is 16.0 Å². The zero-order valence-corrected chi connectivity index (χ0v) is 10.4. The predicted octanol–water partition coefficient (Wildman–Crippen LogP) is 1.22. The molecule has 1 aromatic heterocycles. The van der Waals surface area contributed by atoms with Gasteiger partial charge >= 0.3 is 5.97 Å². The molecule has 5 nitrogen and oxygen atoms in total. The topological polar surface area (TPSA) is 77.3 Å². The van der Waals surface area contributed by atoms with Gasteiger partial charge < -0.3 is 20.2 Å². The molecule has 2 rings (SSSR count). The minimum atomic E-state index is -0.668. The summed E-state index contributed by atoms with van der Waals surface area (Å²) in [5, 5.41) is 0.958. The van der Waals surface area contributed by atoms with Crippen molar-refractivity contribution >= 4 is 16.9 Å². The molecule has 96 valence electrons.